The molecule has 0 aliphatic carbocycles. The number of halogens is 1. The number of aromatic nitrogens is 3. The first-order valence-electron chi connectivity index (χ1n) is 10.9. The molecule has 3 aliphatic heterocycles. The Hall–Kier alpha value is -2.28. The van der Waals surface area contributed by atoms with Crippen LogP contribution >= 0.6 is 0 Å². The highest BCUT2D eigenvalue weighted by molar-refractivity contribution is 5.79. The highest BCUT2D eigenvalue weighted by Gasteiger charge is 2.46. The van der Waals surface area contributed by atoms with E-state index in [1.165, 1.54) is 23.5 Å². The second kappa shape index (κ2) is 9.03. The number of hydrogen-bond acceptors (Lipinski definition) is 3. The molecule has 3 fully saturated rings. The number of quaternary nitrogens is 1. The Kier molecular flexibility index (Phi) is 6.23. The summed E-state index contributed by atoms with van der Waals surface area (Å²) in [7, 11) is 0. The molecule has 1 aromatic heterocycles. The van der Waals surface area contributed by atoms with E-state index >= 15 is 0 Å². The zero-order chi connectivity index (χ0) is 20.2. The number of benzene rings is 1. The van der Waals surface area contributed by atoms with Crippen LogP contribution in [0.1, 0.15) is 43.9 Å². The van der Waals surface area contributed by atoms with Crippen LogP contribution in [0.5, 0.6) is 0 Å². The fourth-order valence-electron chi connectivity index (χ4n) is 4.87. The summed E-state index contributed by atoms with van der Waals surface area (Å²) in [6.07, 6.45) is 7.58. The van der Waals surface area contributed by atoms with E-state index in [1.807, 2.05) is 4.68 Å². The number of piperidine rings is 3. The van der Waals surface area contributed by atoms with Gasteiger partial charge in [0.1, 0.15) is 11.9 Å². The standard InChI is InChI=1S/C22H30FN5O/c1-2-3-4-19-13-28(26-25-19)14-20-11-17-9-10-27(20)15-21(17)22(29)24-12-16-5-7-18(23)8-6-16/h5-8,13,17,20-21H,2-4,9-12,14-15H2,1H3,(H,24,29)/p+1/t17-,20+,21-/m0/s1. The Morgan fingerprint density at radius 3 is 2.90 bits per heavy atom. The number of nitrogens with one attached hydrogen (secondary N) is 2. The van der Waals surface area contributed by atoms with Gasteiger partial charge in [0.2, 0.25) is 5.91 Å². The van der Waals surface area contributed by atoms with Crippen LogP contribution in [0.3, 0.4) is 0 Å². The third-order valence-corrected chi connectivity index (χ3v) is 6.55. The minimum absolute atomic E-state index is 0.0753. The molecule has 2 N–H and O–H groups in total. The lowest BCUT2D eigenvalue weighted by Crippen LogP contribution is -3.20. The van der Waals surface area contributed by atoms with Gasteiger partial charge in [-0.25, -0.2) is 9.07 Å². The van der Waals surface area contributed by atoms with Crippen LogP contribution in [-0.2, 0) is 24.3 Å². The van der Waals surface area contributed by atoms with E-state index in [9.17, 15) is 9.18 Å². The molecule has 0 spiro atoms. The fourth-order valence-corrected chi connectivity index (χ4v) is 4.87. The monoisotopic (exact) mass is 400 g/mol. The normalized spacial score (nSPS) is 25.9. The van der Waals surface area contributed by atoms with Crippen molar-refractivity contribution in [1.29, 1.82) is 0 Å². The minimum atomic E-state index is -0.253. The lowest BCUT2D eigenvalue weighted by atomic mass is 9.75. The quantitative estimate of drug-likeness (QED) is 0.704. The molecular weight excluding hydrogens is 369 g/mol. The summed E-state index contributed by atoms with van der Waals surface area (Å²) < 4.78 is 15.0. The van der Waals surface area contributed by atoms with Crippen molar-refractivity contribution in [3.63, 3.8) is 0 Å². The van der Waals surface area contributed by atoms with Crippen molar-refractivity contribution in [1.82, 2.24) is 20.3 Å². The number of carbonyl (C=O) groups excluding carboxylic acids is 1. The molecule has 7 heteroatoms. The fraction of sp³-hybridized carbons (Fsp3) is 0.591. The van der Waals surface area contributed by atoms with Crippen molar-refractivity contribution in [2.75, 3.05) is 13.1 Å². The first-order chi connectivity index (χ1) is 14.1. The van der Waals surface area contributed by atoms with Crippen LogP contribution in [0.2, 0.25) is 0 Å². The van der Waals surface area contributed by atoms with Crippen molar-refractivity contribution in [2.24, 2.45) is 11.8 Å². The van der Waals surface area contributed by atoms with E-state index in [0.717, 1.165) is 56.6 Å². The van der Waals surface area contributed by atoms with Crippen LogP contribution < -0.4 is 10.2 Å². The predicted molar refractivity (Wildman–Crippen MR) is 108 cm³/mol. The molecule has 3 saturated heterocycles. The lowest BCUT2D eigenvalue weighted by molar-refractivity contribution is -0.945. The molecule has 6 nitrogen and oxygen atoms in total. The first-order valence-corrected chi connectivity index (χ1v) is 10.9. The summed E-state index contributed by atoms with van der Waals surface area (Å²) in [6.45, 7) is 5.55. The maximum absolute atomic E-state index is 13.0. The largest absolute Gasteiger partial charge is 0.352 e. The number of carbonyl (C=O) groups is 1. The average molecular weight is 401 g/mol. The average Bonchev–Trinajstić information content (AvgIpc) is 3.19. The molecule has 5 rings (SSSR count). The Morgan fingerprint density at radius 2 is 2.17 bits per heavy atom. The second-order valence-corrected chi connectivity index (χ2v) is 8.58. The number of amides is 1. The van der Waals surface area contributed by atoms with E-state index in [1.54, 1.807) is 12.1 Å². The van der Waals surface area contributed by atoms with E-state index in [2.05, 4.69) is 28.7 Å². The summed E-state index contributed by atoms with van der Waals surface area (Å²) in [5.74, 6) is 0.398. The van der Waals surface area contributed by atoms with Crippen molar-refractivity contribution in [3.8, 4) is 0 Å². The van der Waals surface area contributed by atoms with Crippen LogP contribution in [0.25, 0.3) is 0 Å². The van der Waals surface area contributed by atoms with Crippen molar-refractivity contribution < 1.29 is 14.1 Å². The van der Waals surface area contributed by atoms with Gasteiger partial charge in [-0.15, -0.1) is 5.10 Å². The number of fused-ring (bicyclic) bond motifs is 3. The SMILES string of the molecule is CCCCc1cn(C[C@H]2C[C@@H]3CC[NH+]2C[C@@H]3C(=O)NCc2ccc(F)cc2)nn1. The van der Waals surface area contributed by atoms with Crippen molar-refractivity contribution >= 4 is 5.91 Å². The van der Waals surface area contributed by atoms with E-state index < -0.39 is 0 Å². The number of unbranched alkanes of at least 4 members (excludes halogenated alkanes) is 1. The molecule has 4 atom stereocenters. The maximum atomic E-state index is 13.0. The zero-order valence-corrected chi connectivity index (χ0v) is 17.1. The summed E-state index contributed by atoms with van der Waals surface area (Å²) in [5, 5.41) is 11.7. The van der Waals surface area contributed by atoms with Crippen LogP contribution in [0, 0.1) is 17.7 Å². The highest BCUT2D eigenvalue weighted by atomic mass is 19.1. The Bertz CT molecular complexity index is 821. The zero-order valence-electron chi connectivity index (χ0n) is 17.1. The molecule has 2 bridgehead atoms. The topological polar surface area (TPSA) is 64.2 Å². The molecule has 0 radical (unpaired) electrons. The van der Waals surface area contributed by atoms with Gasteiger partial charge in [0, 0.05) is 25.6 Å². The number of rotatable bonds is 8. The highest BCUT2D eigenvalue weighted by Crippen LogP contribution is 2.27. The number of hydrogen-bond donors (Lipinski definition) is 2. The van der Waals surface area contributed by atoms with Gasteiger partial charge in [-0.05, 0) is 36.5 Å². The molecule has 1 unspecified atom stereocenters. The van der Waals surface area contributed by atoms with Crippen LogP contribution in [0.4, 0.5) is 4.39 Å². The molecule has 3 aliphatic rings. The van der Waals surface area contributed by atoms with Gasteiger partial charge < -0.3 is 10.2 Å². The Labute approximate surface area is 171 Å². The van der Waals surface area contributed by atoms with Gasteiger partial charge in [0.15, 0.2) is 0 Å². The molecule has 1 amide bonds. The predicted octanol–water partition coefficient (Wildman–Crippen LogP) is 1.37. The lowest BCUT2D eigenvalue weighted by Gasteiger charge is -2.46. The Balaban J connectivity index is 1.29. The molecule has 1 aromatic carbocycles. The molecule has 2 aromatic rings. The summed E-state index contributed by atoms with van der Waals surface area (Å²) >= 11 is 0. The molecule has 4 heterocycles. The molecular formula is C22H31FN5O+. The van der Waals surface area contributed by atoms with Gasteiger partial charge in [-0.3, -0.25) is 4.79 Å². The van der Waals surface area contributed by atoms with E-state index in [4.69, 9.17) is 0 Å². The third-order valence-electron chi connectivity index (χ3n) is 6.55. The van der Waals surface area contributed by atoms with Gasteiger partial charge in [-0.2, -0.15) is 0 Å². The summed E-state index contributed by atoms with van der Waals surface area (Å²) in [5.41, 5.74) is 2.01. The van der Waals surface area contributed by atoms with Crippen molar-refractivity contribution in [2.45, 2.75) is 58.2 Å². The van der Waals surface area contributed by atoms with Gasteiger partial charge in [0.05, 0.1) is 31.2 Å². The Morgan fingerprint density at radius 1 is 1.34 bits per heavy atom. The number of nitrogens with zero attached hydrogens (tertiary/aromatic N) is 3. The van der Waals surface area contributed by atoms with E-state index in [-0.39, 0.29) is 17.6 Å². The van der Waals surface area contributed by atoms with E-state index in [0.29, 0.717) is 18.5 Å². The smallest absolute Gasteiger partial charge is 0.229 e. The van der Waals surface area contributed by atoms with Crippen LogP contribution in [0.15, 0.2) is 30.5 Å². The maximum Gasteiger partial charge on any atom is 0.229 e. The van der Waals surface area contributed by atoms with Gasteiger partial charge in [-0.1, -0.05) is 30.7 Å². The van der Waals surface area contributed by atoms with Crippen LogP contribution in [-0.4, -0.2) is 40.0 Å². The summed E-state index contributed by atoms with van der Waals surface area (Å²) in [4.78, 5) is 14.3. The molecule has 29 heavy (non-hydrogen) atoms. The van der Waals surface area contributed by atoms with Gasteiger partial charge in [0.25, 0.3) is 0 Å². The van der Waals surface area contributed by atoms with Gasteiger partial charge >= 0.3 is 0 Å². The third kappa shape index (κ3) is 4.83. The van der Waals surface area contributed by atoms with Crippen molar-refractivity contribution in [3.05, 3.63) is 47.5 Å². The second-order valence-electron chi connectivity index (χ2n) is 8.58. The summed E-state index contributed by atoms with van der Waals surface area (Å²) in [6, 6.07) is 6.82. The number of aryl methyl sites for hydroxylation is 1. The molecule has 0 saturated carbocycles. The molecule has 156 valence electrons. The first kappa shape index (κ1) is 20.0. The minimum Gasteiger partial charge on any atom is -0.352 e.